The normalized spacial score (nSPS) is 16.1. The van der Waals surface area contributed by atoms with Crippen molar-refractivity contribution in [2.24, 2.45) is 5.92 Å². The molecule has 1 aliphatic heterocycles. The number of carbonyl (C=O) groups excluding carboxylic acids is 1. The van der Waals surface area contributed by atoms with Crippen molar-refractivity contribution in [1.82, 2.24) is 24.1 Å². The van der Waals surface area contributed by atoms with Crippen LogP contribution in [0.15, 0.2) is 35.4 Å². The van der Waals surface area contributed by atoms with Gasteiger partial charge in [-0.3, -0.25) is 9.36 Å². The van der Waals surface area contributed by atoms with Crippen molar-refractivity contribution >= 4 is 33.1 Å². The van der Waals surface area contributed by atoms with Crippen LogP contribution in [0.1, 0.15) is 28.8 Å². The van der Waals surface area contributed by atoms with Gasteiger partial charge in [0.2, 0.25) is 5.91 Å². The maximum absolute atomic E-state index is 13.3. The molecular formula is C22H21N5O3S. The average Bonchev–Trinajstić information content (AvgIpc) is 3.40. The van der Waals surface area contributed by atoms with E-state index >= 15 is 0 Å². The van der Waals surface area contributed by atoms with E-state index < -0.39 is 0 Å². The summed E-state index contributed by atoms with van der Waals surface area (Å²) >= 11 is 1.60. The minimum atomic E-state index is -0.208. The number of hydrogen-bond donors (Lipinski definition) is 0. The SMILES string of the molecule is COc1ccc(Cn2c(=O)n3ncnc3c3c4c(sc32)CN(C(=O)C2CC2)CC4)cc1. The topological polar surface area (TPSA) is 81.7 Å². The van der Waals surface area contributed by atoms with Gasteiger partial charge < -0.3 is 9.64 Å². The largest absolute Gasteiger partial charge is 0.497 e. The van der Waals surface area contributed by atoms with Crippen molar-refractivity contribution in [3.05, 3.63) is 57.1 Å². The molecule has 1 amide bonds. The van der Waals surface area contributed by atoms with E-state index in [2.05, 4.69) is 10.1 Å². The predicted molar refractivity (Wildman–Crippen MR) is 117 cm³/mol. The highest BCUT2D eigenvalue weighted by atomic mass is 32.1. The lowest BCUT2D eigenvalue weighted by atomic mass is 10.0. The molecule has 9 heteroatoms. The molecule has 31 heavy (non-hydrogen) atoms. The second-order valence-electron chi connectivity index (χ2n) is 8.18. The van der Waals surface area contributed by atoms with E-state index in [-0.39, 0.29) is 17.5 Å². The highest BCUT2D eigenvalue weighted by Crippen LogP contribution is 2.38. The summed E-state index contributed by atoms with van der Waals surface area (Å²) < 4.78 is 8.41. The number of thiophene rings is 1. The molecule has 0 atom stereocenters. The Balaban J connectivity index is 1.49. The number of amides is 1. The molecule has 3 aromatic heterocycles. The smallest absolute Gasteiger partial charge is 0.352 e. The molecule has 1 fully saturated rings. The summed E-state index contributed by atoms with van der Waals surface area (Å²) in [7, 11) is 1.63. The molecule has 158 valence electrons. The maximum Gasteiger partial charge on any atom is 0.352 e. The molecule has 6 rings (SSSR count). The molecule has 0 unspecified atom stereocenters. The second-order valence-corrected chi connectivity index (χ2v) is 9.26. The molecule has 2 aliphatic rings. The van der Waals surface area contributed by atoms with Gasteiger partial charge in [0.25, 0.3) is 0 Å². The van der Waals surface area contributed by atoms with Gasteiger partial charge in [-0.15, -0.1) is 11.3 Å². The van der Waals surface area contributed by atoms with Crippen LogP contribution in [-0.2, 0) is 24.3 Å². The third kappa shape index (κ3) is 2.95. The Labute approximate surface area is 181 Å². The Morgan fingerprint density at radius 3 is 2.81 bits per heavy atom. The van der Waals surface area contributed by atoms with Gasteiger partial charge in [-0.2, -0.15) is 9.61 Å². The highest BCUT2D eigenvalue weighted by molar-refractivity contribution is 7.19. The predicted octanol–water partition coefficient (Wildman–Crippen LogP) is 2.46. The van der Waals surface area contributed by atoms with Crippen LogP contribution in [-0.4, -0.2) is 43.6 Å². The van der Waals surface area contributed by atoms with Gasteiger partial charge in [-0.1, -0.05) is 12.1 Å². The van der Waals surface area contributed by atoms with E-state index in [0.29, 0.717) is 25.3 Å². The van der Waals surface area contributed by atoms with E-state index in [1.807, 2.05) is 29.2 Å². The van der Waals surface area contributed by atoms with E-state index in [9.17, 15) is 9.59 Å². The summed E-state index contributed by atoms with van der Waals surface area (Å²) in [5.74, 6) is 1.26. The first-order valence-electron chi connectivity index (χ1n) is 10.4. The molecule has 4 heterocycles. The fourth-order valence-electron chi connectivity index (χ4n) is 4.39. The van der Waals surface area contributed by atoms with Crippen LogP contribution < -0.4 is 10.4 Å². The molecule has 0 radical (unpaired) electrons. The molecule has 1 saturated carbocycles. The molecule has 0 N–H and O–H groups in total. The lowest BCUT2D eigenvalue weighted by Gasteiger charge is -2.27. The lowest BCUT2D eigenvalue weighted by Crippen LogP contribution is -2.36. The Kier molecular flexibility index (Phi) is 4.14. The number of aromatic nitrogens is 4. The minimum absolute atomic E-state index is 0.208. The van der Waals surface area contributed by atoms with Crippen LogP contribution >= 0.6 is 11.3 Å². The Morgan fingerprint density at radius 1 is 1.26 bits per heavy atom. The van der Waals surface area contributed by atoms with E-state index in [0.717, 1.165) is 45.7 Å². The lowest BCUT2D eigenvalue weighted by molar-refractivity contribution is -0.133. The maximum atomic E-state index is 13.3. The molecule has 1 aromatic carbocycles. The minimum Gasteiger partial charge on any atom is -0.497 e. The van der Waals surface area contributed by atoms with E-state index in [4.69, 9.17) is 4.74 Å². The van der Waals surface area contributed by atoms with Crippen LogP contribution in [0.5, 0.6) is 5.75 Å². The fraction of sp³-hybridized carbons (Fsp3) is 0.364. The van der Waals surface area contributed by atoms with Crippen molar-refractivity contribution in [1.29, 1.82) is 0 Å². The summed E-state index contributed by atoms with van der Waals surface area (Å²) in [6, 6.07) is 7.72. The van der Waals surface area contributed by atoms with Crippen LogP contribution in [0.4, 0.5) is 0 Å². The quantitative estimate of drug-likeness (QED) is 0.492. The van der Waals surface area contributed by atoms with E-state index in [1.165, 1.54) is 16.4 Å². The van der Waals surface area contributed by atoms with E-state index in [1.54, 1.807) is 23.0 Å². The van der Waals surface area contributed by atoms with Gasteiger partial charge in [0.1, 0.15) is 16.9 Å². The standard InChI is InChI=1S/C22H21N5O3S/c1-30-15-6-2-13(3-7-15)10-26-21-18(19-23-12-24-27(19)22(26)29)16-8-9-25(11-17(16)31-21)20(28)14-4-5-14/h2-3,6-7,12,14H,4-5,8-11H2,1H3. The van der Waals surface area contributed by atoms with Gasteiger partial charge in [-0.25, -0.2) is 9.78 Å². The van der Waals surface area contributed by atoms with Crippen LogP contribution in [0.2, 0.25) is 0 Å². The number of rotatable bonds is 4. The monoisotopic (exact) mass is 435 g/mol. The first kappa shape index (κ1) is 18.6. The van der Waals surface area contributed by atoms with Crippen molar-refractivity contribution in [2.75, 3.05) is 13.7 Å². The first-order chi connectivity index (χ1) is 15.1. The first-order valence-corrected chi connectivity index (χ1v) is 11.2. The second kappa shape index (κ2) is 6.91. The van der Waals surface area contributed by atoms with Crippen molar-refractivity contribution in [3.63, 3.8) is 0 Å². The molecular weight excluding hydrogens is 414 g/mol. The Hall–Kier alpha value is -3.20. The summed E-state index contributed by atoms with van der Waals surface area (Å²) in [6.07, 6.45) is 4.23. The van der Waals surface area contributed by atoms with Gasteiger partial charge in [0, 0.05) is 17.3 Å². The van der Waals surface area contributed by atoms with Crippen LogP contribution in [0, 0.1) is 5.92 Å². The summed E-state index contributed by atoms with van der Waals surface area (Å²) in [5.41, 5.74) is 2.59. The molecule has 0 spiro atoms. The van der Waals surface area contributed by atoms with Crippen molar-refractivity contribution in [3.8, 4) is 5.75 Å². The fourth-order valence-corrected chi connectivity index (χ4v) is 5.74. The molecule has 1 aliphatic carbocycles. The summed E-state index contributed by atoms with van der Waals surface area (Å²) in [6.45, 7) is 1.76. The Bertz CT molecular complexity index is 1380. The molecule has 0 saturated heterocycles. The van der Waals surface area contributed by atoms with Crippen LogP contribution in [0.25, 0.3) is 15.9 Å². The van der Waals surface area contributed by atoms with Crippen molar-refractivity contribution < 1.29 is 9.53 Å². The number of ether oxygens (including phenoxy) is 1. The zero-order valence-electron chi connectivity index (χ0n) is 17.1. The molecule has 0 bridgehead atoms. The zero-order chi connectivity index (χ0) is 21.1. The van der Waals surface area contributed by atoms with Gasteiger partial charge in [0.15, 0.2) is 5.65 Å². The summed E-state index contributed by atoms with van der Waals surface area (Å²) in [5, 5.41) is 5.18. The van der Waals surface area contributed by atoms with Crippen LogP contribution in [0.3, 0.4) is 0 Å². The average molecular weight is 436 g/mol. The van der Waals surface area contributed by atoms with Gasteiger partial charge in [0.05, 0.1) is 25.6 Å². The molecule has 8 nitrogen and oxygen atoms in total. The Morgan fingerprint density at radius 2 is 2.06 bits per heavy atom. The zero-order valence-corrected chi connectivity index (χ0v) is 17.9. The number of hydrogen-bond acceptors (Lipinski definition) is 6. The number of fused-ring (bicyclic) bond motifs is 5. The summed E-state index contributed by atoms with van der Waals surface area (Å²) in [4.78, 5) is 34.3. The van der Waals surface area contributed by atoms with Crippen molar-refractivity contribution in [2.45, 2.75) is 32.4 Å². The van der Waals surface area contributed by atoms with Gasteiger partial charge >= 0.3 is 5.69 Å². The van der Waals surface area contributed by atoms with Gasteiger partial charge in [-0.05, 0) is 42.5 Å². The number of nitrogens with zero attached hydrogens (tertiary/aromatic N) is 5. The molecule has 4 aromatic rings. The number of carbonyl (C=O) groups is 1. The highest BCUT2D eigenvalue weighted by Gasteiger charge is 2.36. The number of benzene rings is 1. The third-order valence-corrected chi connectivity index (χ3v) is 7.44. The number of methoxy groups -OCH3 is 1. The third-order valence-electron chi connectivity index (χ3n) is 6.20.